The van der Waals surface area contributed by atoms with Crippen LogP contribution in [-0.2, 0) is 6.54 Å². The third-order valence-corrected chi connectivity index (χ3v) is 4.35. The van der Waals surface area contributed by atoms with Gasteiger partial charge in [0.25, 0.3) is 0 Å². The minimum absolute atomic E-state index is 0.455. The molecule has 0 radical (unpaired) electrons. The Balaban J connectivity index is 1.64. The first kappa shape index (κ1) is 14.4. The molecular weight excluding hydrogens is 300 g/mol. The van der Waals surface area contributed by atoms with Gasteiger partial charge in [-0.25, -0.2) is 15.0 Å². The molecule has 0 bridgehead atoms. The Hall–Kier alpha value is -3.15. The van der Waals surface area contributed by atoms with Gasteiger partial charge in [0.2, 0.25) is 0 Å². The predicted octanol–water partition coefficient (Wildman–Crippen LogP) is 3.32. The van der Waals surface area contributed by atoms with Gasteiger partial charge in [0.15, 0.2) is 5.65 Å². The SMILES string of the molecule is Cc1[nH]c2ccc(CNc3ncnc4nc(N)ccc34)cc2c1C. The molecule has 0 atom stereocenters. The van der Waals surface area contributed by atoms with Gasteiger partial charge in [-0.2, -0.15) is 0 Å². The van der Waals surface area contributed by atoms with Gasteiger partial charge in [-0.05, 0) is 49.2 Å². The van der Waals surface area contributed by atoms with E-state index in [0.29, 0.717) is 18.0 Å². The fourth-order valence-corrected chi connectivity index (χ4v) is 2.90. The number of fused-ring (bicyclic) bond motifs is 2. The number of nitrogen functional groups attached to an aromatic ring is 1. The minimum atomic E-state index is 0.455. The molecule has 0 aliphatic heterocycles. The molecule has 3 heterocycles. The maximum atomic E-state index is 5.71. The normalized spacial score (nSPS) is 11.2. The van der Waals surface area contributed by atoms with Crippen LogP contribution in [0.4, 0.5) is 11.6 Å². The quantitative estimate of drug-likeness (QED) is 0.539. The molecule has 0 amide bonds. The molecule has 0 fully saturated rings. The molecule has 4 N–H and O–H groups in total. The van der Waals surface area contributed by atoms with Crippen LogP contribution in [0.15, 0.2) is 36.7 Å². The molecule has 24 heavy (non-hydrogen) atoms. The van der Waals surface area contributed by atoms with Gasteiger partial charge in [-0.15, -0.1) is 0 Å². The van der Waals surface area contributed by atoms with E-state index in [9.17, 15) is 0 Å². The van der Waals surface area contributed by atoms with Crippen LogP contribution in [0.25, 0.3) is 21.9 Å². The van der Waals surface area contributed by atoms with Crippen LogP contribution in [0.3, 0.4) is 0 Å². The first-order valence-electron chi connectivity index (χ1n) is 7.81. The van der Waals surface area contributed by atoms with Crippen molar-refractivity contribution in [1.29, 1.82) is 0 Å². The Morgan fingerprint density at radius 2 is 1.96 bits per heavy atom. The number of aromatic amines is 1. The Labute approximate surface area is 139 Å². The molecule has 0 saturated heterocycles. The van der Waals surface area contributed by atoms with Gasteiger partial charge in [-0.3, -0.25) is 0 Å². The van der Waals surface area contributed by atoms with E-state index in [2.05, 4.69) is 57.3 Å². The number of aromatic nitrogens is 4. The number of nitrogens with zero attached hydrogens (tertiary/aromatic N) is 3. The lowest BCUT2D eigenvalue weighted by Crippen LogP contribution is -2.03. The highest BCUT2D eigenvalue weighted by Gasteiger charge is 2.07. The van der Waals surface area contributed by atoms with Crippen molar-refractivity contribution in [2.24, 2.45) is 0 Å². The molecule has 3 aromatic heterocycles. The zero-order valence-electron chi connectivity index (χ0n) is 13.6. The predicted molar refractivity (Wildman–Crippen MR) is 96.8 cm³/mol. The van der Waals surface area contributed by atoms with Crippen LogP contribution in [0.5, 0.6) is 0 Å². The van der Waals surface area contributed by atoms with Crippen molar-refractivity contribution >= 4 is 33.6 Å². The number of hydrogen-bond donors (Lipinski definition) is 3. The maximum absolute atomic E-state index is 5.71. The summed E-state index contributed by atoms with van der Waals surface area (Å²) in [5, 5.41) is 5.49. The number of anilines is 2. The Morgan fingerprint density at radius 1 is 1.08 bits per heavy atom. The van der Waals surface area contributed by atoms with Gasteiger partial charge in [0, 0.05) is 23.1 Å². The molecule has 0 unspecified atom stereocenters. The summed E-state index contributed by atoms with van der Waals surface area (Å²) in [7, 11) is 0. The van der Waals surface area contributed by atoms with Crippen molar-refractivity contribution in [1.82, 2.24) is 19.9 Å². The number of H-pyrrole nitrogens is 1. The van der Waals surface area contributed by atoms with Crippen LogP contribution >= 0.6 is 0 Å². The smallest absolute Gasteiger partial charge is 0.166 e. The lowest BCUT2D eigenvalue weighted by atomic mass is 10.1. The second-order valence-corrected chi connectivity index (χ2v) is 5.94. The van der Waals surface area contributed by atoms with E-state index < -0.39 is 0 Å². The van der Waals surface area contributed by atoms with Crippen molar-refractivity contribution in [3.05, 3.63) is 53.5 Å². The van der Waals surface area contributed by atoms with Crippen LogP contribution < -0.4 is 11.1 Å². The minimum Gasteiger partial charge on any atom is -0.384 e. The first-order chi connectivity index (χ1) is 11.6. The van der Waals surface area contributed by atoms with Crippen molar-refractivity contribution < 1.29 is 0 Å². The Bertz CT molecular complexity index is 1050. The fraction of sp³-hybridized carbons (Fsp3) is 0.167. The molecule has 0 spiro atoms. The third kappa shape index (κ3) is 2.42. The lowest BCUT2D eigenvalue weighted by Gasteiger charge is -2.08. The maximum Gasteiger partial charge on any atom is 0.166 e. The van der Waals surface area contributed by atoms with E-state index in [4.69, 9.17) is 5.73 Å². The Morgan fingerprint density at radius 3 is 2.83 bits per heavy atom. The standard InChI is InChI=1S/C18H18N6/c1-10-11(2)23-15-5-3-12(7-14(10)15)8-20-17-13-4-6-16(19)24-18(13)22-9-21-17/h3-7,9,23H,8H2,1-2H3,(H3,19,20,21,22,24). The van der Waals surface area contributed by atoms with Gasteiger partial charge in [-0.1, -0.05) is 6.07 Å². The molecule has 0 aliphatic carbocycles. The third-order valence-electron chi connectivity index (χ3n) is 4.35. The van der Waals surface area contributed by atoms with Gasteiger partial charge in [0.05, 0.1) is 5.39 Å². The highest BCUT2D eigenvalue weighted by molar-refractivity contribution is 5.87. The first-order valence-corrected chi connectivity index (χ1v) is 7.81. The average Bonchev–Trinajstić information content (AvgIpc) is 2.87. The summed E-state index contributed by atoms with van der Waals surface area (Å²) in [6.45, 7) is 4.91. The lowest BCUT2D eigenvalue weighted by molar-refractivity contribution is 1.10. The molecule has 6 heteroatoms. The van der Waals surface area contributed by atoms with Crippen LogP contribution in [-0.4, -0.2) is 19.9 Å². The number of aryl methyl sites for hydroxylation is 2. The van der Waals surface area contributed by atoms with Crippen LogP contribution in [0.2, 0.25) is 0 Å². The van der Waals surface area contributed by atoms with Gasteiger partial charge >= 0.3 is 0 Å². The molecule has 4 aromatic rings. The van der Waals surface area contributed by atoms with Crippen LogP contribution in [0.1, 0.15) is 16.8 Å². The number of pyridine rings is 1. The number of nitrogens with two attached hydrogens (primary N) is 1. The summed E-state index contributed by atoms with van der Waals surface area (Å²) in [5.41, 5.74) is 11.2. The second-order valence-electron chi connectivity index (χ2n) is 5.94. The summed E-state index contributed by atoms with van der Waals surface area (Å²) >= 11 is 0. The summed E-state index contributed by atoms with van der Waals surface area (Å²) in [6, 6.07) is 10.1. The monoisotopic (exact) mass is 318 g/mol. The van der Waals surface area contributed by atoms with E-state index >= 15 is 0 Å². The zero-order valence-corrected chi connectivity index (χ0v) is 13.6. The van der Waals surface area contributed by atoms with E-state index in [1.165, 1.54) is 34.1 Å². The summed E-state index contributed by atoms with van der Waals surface area (Å²) in [4.78, 5) is 16.1. The molecule has 120 valence electrons. The summed E-state index contributed by atoms with van der Waals surface area (Å²) in [6.07, 6.45) is 1.50. The van der Waals surface area contributed by atoms with E-state index in [-0.39, 0.29) is 0 Å². The second kappa shape index (κ2) is 5.49. The molecule has 4 rings (SSSR count). The van der Waals surface area contributed by atoms with Crippen molar-refractivity contribution in [3.8, 4) is 0 Å². The number of hydrogen-bond acceptors (Lipinski definition) is 5. The summed E-state index contributed by atoms with van der Waals surface area (Å²) in [5.74, 6) is 1.21. The number of benzene rings is 1. The van der Waals surface area contributed by atoms with Crippen molar-refractivity contribution in [2.75, 3.05) is 11.1 Å². The average molecular weight is 318 g/mol. The summed E-state index contributed by atoms with van der Waals surface area (Å²) < 4.78 is 0. The van der Waals surface area contributed by atoms with Gasteiger partial charge in [0.1, 0.15) is 18.0 Å². The molecule has 0 aliphatic rings. The highest BCUT2D eigenvalue weighted by atomic mass is 15.0. The molecule has 0 saturated carbocycles. The molecule has 1 aromatic carbocycles. The molecular formula is C18H18N6. The molecule has 6 nitrogen and oxygen atoms in total. The van der Waals surface area contributed by atoms with E-state index in [1.807, 2.05) is 6.07 Å². The van der Waals surface area contributed by atoms with E-state index in [0.717, 1.165) is 11.2 Å². The number of nitrogens with one attached hydrogen (secondary N) is 2. The topological polar surface area (TPSA) is 92.5 Å². The van der Waals surface area contributed by atoms with Crippen LogP contribution in [0, 0.1) is 13.8 Å². The van der Waals surface area contributed by atoms with Gasteiger partial charge < -0.3 is 16.0 Å². The zero-order chi connectivity index (χ0) is 16.7. The largest absolute Gasteiger partial charge is 0.384 e. The van der Waals surface area contributed by atoms with Crippen molar-refractivity contribution in [2.45, 2.75) is 20.4 Å². The van der Waals surface area contributed by atoms with E-state index in [1.54, 1.807) is 6.07 Å². The highest BCUT2D eigenvalue weighted by Crippen LogP contribution is 2.24. The van der Waals surface area contributed by atoms with Crippen molar-refractivity contribution in [3.63, 3.8) is 0 Å². The Kier molecular flexibility index (Phi) is 3.30. The fourth-order valence-electron chi connectivity index (χ4n) is 2.90. The number of rotatable bonds is 3.